The first-order valence-corrected chi connectivity index (χ1v) is 8.94. The summed E-state index contributed by atoms with van der Waals surface area (Å²) in [6.07, 6.45) is 7.25. The maximum Gasteiger partial charge on any atom is 0.272 e. The van der Waals surface area contributed by atoms with Crippen LogP contribution < -0.4 is 4.90 Å². The van der Waals surface area contributed by atoms with E-state index in [2.05, 4.69) is 0 Å². The van der Waals surface area contributed by atoms with Gasteiger partial charge in [0.1, 0.15) is 0 Å². The Morgan fingerprint density at radius 1 is 1.17 bits per heavy atom. The predicted octanol–water partition coefficient (Wildman–Crippen LogP) is 4.22. The minimum Gasteiger partial charge on any atom is -0.307 e. The molecule has 0 unspecified atom stereocenters. The fourth-order valence-corrected chi connectivity index (χ4v) is 6.11. The van der Waals surface area contributed by atoms with Gasteiger partial charge in [0, 0.05) is 29.8 Å². The van der Waals surface area contributed by atoms with Crippen LogP contribution in [0.25, 0.3) is 0 Å². The van der Waals surface area contributed by atoms with Crippen molar-refractivity contribution in [3.8, 4) is 0 Å². The van der Waals surface area contributed by atoms with Crippen molar-refractivity contribution in [1.29, 1.82) is 0 Å². The Balaban J connectivity index is 1.74. The van der Waals surface area contributed by atoms with Crippen LogP contribution in [0.3, 0.4) is 0 Å². The van der Waals surface area contributed by atoms with E-state index in [-0.39, 0.29) is 22.1 Å². The van der Waals surface area contributed by atoms with Gasteiger partial charge >= 0.3 is 0 Å². The lowest BCUT2D eigenvalue weighted by Gasteiger charge is -2.60. The van der Waals surface area contributed by atoms with E-state index in [4.69, 9.17) is 0 Å². The number of amides is 1. The SMILES string of the molecule is CC(=O)N(c1ccc([N+](=O)[O-])c(C)c1)C12CC3CC(CC(C3)C1)C2. The Labute approximate surface area is 142 Å². The number of benzene rings is 1. The molecule has 5 rings (SSSR count). The molecule has 0 saturated heterocycles. The molecule has 4 aliphatic carbocycles. The van der Waals surface area contributed by atoms with E-state index in [0.29, 0.717) is 5.56 Å². The van der Waals surface area contributed by atoms with Crippen molar-refractivity contribution in [3.05, 3.63) is 33.9 Å². The minimum atomic E-state index is -0.359. The molecule has 1 aromatic carbocycles. The Morgan fingerprint density at radius 2 is 1.71 bits per heavy atom. The molecule has 0 aliphatic heterocycles. The Kier molecular flexibility index (Phi) is 3.44. The summed E-state index contributed by atoms with van der Waals surface area (Å²) in [6, 6.07) is 5.12. The van der Waals surface area contributed by atoms with E-state index in [0.717, 1.165) is 42.7 Å². The first-order valence-electron chi connectivity index (χ1n) is 8.94. The molecule has 0 aromatic heterocycles. The van der Waals surface area contributed by atoms with E-state index in [1.54, 1.807) is 26.0 Å². The van der Waals surface area contributed by atoms with Gasteiger partial charge in [0.05, 0.1) is 4.92 Å². The normalized spacial score (nSPS) is 33.5. The first-order chi connectivity index (χ1) is 11.4. The molecule has 1 aromatic rings. The molecule has 4 fully saturated rings. The smallest absolute Gasteiger partial charge is 0.272 e. The van der Waals surface area contributed by atoms with E-state index in [9.17, 15) is 14.9 Å². The standard InChI is InChI=1S/C19H24N2O3/c1-12-5-17(3-4-18(12)21(23)24)20(13(2)22)19-9-14-6-15(10-19)8-16(7-14)11-19/h3-5,14-16H,6-11H2,1-2H3. The Hall–Kier alpha value is -1.91. The molecule has 4 bridgehead atoms. The largest absolute Gasteiger partial charge is 0.307 e. The zero-order valence-electron chi connectivity index (χ0n) is 14.3. The van der Waals surface area contributed by atoms with E-state index in [1.807, 2.05) is 11.0 Å². The maximum atomic E-state index is 12.6. The highest BCUT2D eigenvalue weighted by molar-refractivity contribution is 5.93. The average Bonchev–Trinajstić information content (AvgIpc) is 2.44. The van der Waals surface area contributed by atoms with Crippen LogP contribution in [0.5, 0.6) is 0 Å². The molecule has 5 nitrogen and oxygen atoms in total. The van der Waals surface area contributed by atoms with Crippen LogP contribution >= 0.6 is 0 Å². The second kappa shape index (κ2) is 5.30. The van der Waals surface area contributed by atoms with E-state index in [1.165, 1.54) is 19.3 Å². The lowest BCUT2D eigenvalue weighted by Crippen LogP contribution is -2.61. The van der Waals surface area contributed by atoms with Gasteiger partial charge in [0.2, 0.25) is 5.91 Å². The van der Waals surface area contributed by atoms with E-state index < -0.39 is 0 Å². The van der Waals surface area contributed by atoms with Crippen LogP contribution in [0, 0.1) is 34.8 Å². The molecule has 0 N–H and O–H groups in total. The molecular weight excluding hydrogens is 304 g/mol. The number of carbonyl (C=O) groups excluding carboxylic acids is 1. The third-order valence-electron chi connectivity index (χ3n) is 6.43. The number of nitro groups is 1. The van der Waals surface area contributed by atoms with Crippen molar-refractivity contribution in [1.82, 2.24) is 0 Å². The monoisotopic (exact) mass is 328 g/mol. The highest BCUT2D eigenvalue weighted by atomic mass is 16.6. The van der Waals surface area contributed by atoms with Gasteiger partial charge in [0.25, 0.3) is 5.69 Å². The lowest BCUT2D eigenvalue weighted by atomic mass is 9.52. The number of aryl methyl sites for hydroxylation is 1. The van der Waals surface area contributed by atoms with Crippen LogP contribution in [0.15, 0.2) is 18.2 Å². The molecular formula is C19H24N2O3. The lowest BCUT2D eigenvalue weighted by molar-refractivity contribution is -0.385. The van der Waals surface area contributed by atoms with Gasteiger partial charge in [-0.1, -0.05) is 0 Å². The van der Waals surface area contributed by atoms with Gasteiger partial charge in [-0.25, -0.2) is 0 Å². The number of rotatable bonds is 3. The fraction of sp³-hybridized carbons (Fsp3) is 0.632. The summed E-state index contributed by atoms with van der Waals surface area (Å²) in [5.74, 6) is 2.30. The highest BCUT2D eigenvalue weighted by Gasteiger charge is 2.54. The number of carbonyl (C=O) groups is 1. The molecule has 0 heterocycles. The van der Waals surface area contributed by atoms with Crippen LogP contribution in [0.2, 0.25) is 0 Å². The van der Waals surface area contributed by atoms with E-state index >= 15 is 0 Å². The van der Waals surface area contributed by atoms with Crippen molar-refractivity contribution >= 4 is 17.3 Å². The Morgan fingerprint density at radius 3 is 2.12 bits per heavy atom. The molecule has 4 saturated carbocycles. The third-order valence-corrected chi connectivity index (χ3v) is 6.43. The highest BCUT2D eigenvalue weighted by Crippen LogP contribution is 2.58. The summed E-state index contributed by atoms with van der Waals surface area (Å²) in [4.78, 5) is 25.3. The average molecular weight is 328 g/mol. The van der Waals surface area contributed by atoms with Crippen molar-refractivity contribution in [2.45, 2.75) is 57.9 Å². The Bertz CT molecular complexity index is 677. The molecule has 0 spiro atoms. The van der Waals surface area contributed by atoms with Crippen LogP contribution in [-0.4, -0.2) is 16.4 Å². The topological polar surface area (TPSA) is 63.5 Å². The van der Waals surface area contributed by atoms with Crippen molar-refractivity contribution in [3.63, 3.8) is 0 Å². The molecule has 1 amide bonds. The van der Waals surface area contributed by atoms with Crippen molar-refractivity contribution in [2.75, 3.05) is 4.90 Å². The van der Waals surface area contributed by atoms with Crippen LogP contribution in [-0.2, 0) is 4.79 Å². The van der Waals surface area contributed by atoms with Gasteiger partial charge in [0.15, 0.2) is 0 Å². The molecule has 5 heteroatoms. The first kappa shape index (κ1) is 15.6. The summed E-state index contributed by atoms with van der Waals surface area (Å²) in [6.45, 7) is 3.38. The zero-order chi connectivity index (χ0) is 17.1. The fourth-order valence-electron chi connectivity index (χ4n) is 6.11. The van der Waals surface area contributed by atoms with Crippen LogP contribution in [0.4, 0.5) is 11.4 Å². The summed E-state index contributed by atoms with van der Waals surface area (Å²) in [5.41, 5.74) is 1.50. The summed E-state index contributed by atoms with van der Waals surface area (Å²) in [5, 5.41) is 11.1. The van der Waals surface area contributed by atoms with Gasteiger partial charge in [-0.05, 0) is 75.3 Å². The second-order valence-corrected chi connectivity index (χ2v) is 8.22. The van der Waals surface area contributed by atoms with Crippen LogP contribution in [0.1, 0.15) is 51.0 Å². The number of hydrogen-bond donors (Lipinski definition) is 0. The van der Waals surface area contributed by atoms with Gasteiger partial charge < -0.3 is 4.90 Å². The summed E-state index contributed by atoms with van der Waals surface area (Å²) < 4.78 is 0. The molecule has 4 aliphatic rings. The summed E-state index contributed by atoms with van der Waals surface area (Å²) >= 11 is 0. The molecule has 128 valence electrons. The third kappa shape index (κ3) is 2.33. The van der Waals surface area contributed by atoms with Crippen molar-refractivity contribution in [2.24, 2.45) is 17.8 Å². The quantitative estimate of drug-likeness (QED) is 0.616. The zero-order valence-corrected chi connectivity index (χ0v) is 14.3. The number of nitro benzene ring substituents is 1. The van der Waals surface area contributed by atoms with Gasteiger partial charge in [-0.3, -0.25) is 14.9 Å². The minimum absolute atomic E-state index is 0.0604. The number of anilines is 1. The number of nitrogens with zero attached hydrogens (tertiary/aromatic N) is 2. The molecule has 0 radical (unpaired) electrons. The molecule has 0 atom stereocenters. The van der Waals surface area contributed by atoms with Gasteiger partial charge in [-0.15, -0.1) is 0 Å². The van der Waals surface area contributed by atoms with Crippen molar-refractivity contribution < 1.29 is 9.72 Å². The maximum absolute atomic E-state index is 12.6. The second-order valence-electron chi connectivity index (χ2n) is 8.22. The predicted molar refractivity (Wildman–Crippen MR) is 91.9 cm³/mol. The molecule has 24 heavy (non-hydrogen) atoms. The summed E-state index contributed by atoms with van der Waals surface area (Å²) in [7, 11) is 0. The number of hydrogen-bond acceptors (Lipinski definition) is 3. The van der Waals surface area contributed by atoms with Gasteiger partial charge in [-0.2, -0.15) is 0 Å².